The second-order valence-corrected chi connectivity index (χ2v) is 3.44. The van der Waals surface area contributed by atoms with Crippen LogP contribution in [0.15, 0.2) is 24.7 Å². The molecule has 0 radical (unpaired) electrons. The molecule has 0 spiro atoms. The molecule has 1 N–H and O–H groups in total. The number of hydrogen-bond acceptors (Lipinski definition) is 4. The largest absolute Gasteiger partial charge is 0.383 e. The molecule has 0 saturated heterocycles. The molecule has 0 aliphatic heterocycles. The summed E-state index contributed by atoms with van der Waals surface area (Å²) in [6, 6.07) is 1.90. The van der Waals surface area contributed by atoms with Gasteiger partial charge >= 0.3 is 0 Å². The summed E-state index contributed by atoms with van der Waals surface area (Å²) in [5, 5.41) is 7.37. The maximum absolute atomic E-state index is 5.03. The van der Waals surface area contributed by atoms with Gasteiger partial charge in [0.15, 0.2) is 5.82 Å². The molecule has 0 unspecified atom stereocenters. The quantitative estimate of drug-likeness (QED) is 0.818. The highest BCUT2D eigenvalue weighted by Crippen LogP contribution is 2.11. The van der Waals surface area contributed by atoms with Crippen LogP contribution in [0.3, 0.4) is 0 Å². The average Bonchev–Trinajstić information content (AvgIpc) is 2.86. The molecule has 0 atom stereocenters. The number of rotatable bonds is 5. The summed E-state index contributed by atoms with van der Waals surface area (Å²) in [5.41, 5.74) is 0. The van der Waals surface area contributed by atoms with Crippen LogP contribution in [0.4, 0.5) is 11.8 Å². The SMILES string of the molecule is COCCn1ccnc1Nc1ccn(C)n1. The Balaban J connectivity index is 2.06. The highest BCUT2D eigenvalue weighted by Gasteiger charge is 2.04. The van der Waals surface area contributed by atoms with E-state index in [9.17, 15) is 0 Å². The smallest absolute Gasteiger partial charge is 0.208 e. The summed E-state index contributed by atoms with van der Waals surface area (Å²) in [5.74, 6) is 1.56. The number of ether oxygens (including phenoxy) is 1. The fourth-order valence-electron chi connectivity index (χ4n) is 1.40. The standard InChI is InChI=1S/C10H15N5O/c1-14-5-3-9(13-14)12-10-11-4-6-15(10)7-8-16-2/h3-6H,7-8H2,1-2H3,(H,11,12,13). The van der Waals surface area contributed by atoms with Crippen molar-refractivity contribution in [3.63, 3.8) is 0 Å². The number of imidazole rings is 1. The van der Waals surface area contributed by atoms with E-state index in [0.29, 0.717) is 6.61 Å². The molecule has 0 aliphatic carbocycles. The van der Waals surface area contributed by atoms with Gasteiger partial charge < -0.3 is 14.6 Å². The first-order valence-corrected chi connectivity index (χ1v) is 5.06. The molecule has 6 heteroatoms. The predicted octanol–water partition coefficient (Wildman–Crippen LogP) is 1.01. The van der Waals surface area contributed by atoms with E-state index in [1.54, 1.807) is 18.0 Å². The Kier molecular flexibility index (Phi) is 3.21. The molecule has 2 heterocycles. The predicted molar refractivity (Wildman–Crippen MR) is 60.6 cm³/mol. The Hall–Kier alpha value is -1.82. The van der Waals surface area contributed by atoms with Gasteiger partial charge in [0, 0.05) is 45.4 Å². The molecule has 16 heavy (non-hydrogen) atoms. The van der Waals surface area contributed by atoms with E-state index in [-0.39, 0.29) is 0 Å². The van der Waals surface area contributed by atoms with Crippen LogP contribution in [0.2, 0.25) is 0 Å². The lowest BCUT2D eigenvalue weighted by atomic mass is 10.6. The highest BCUT2D eigenvalue weighted by molar-refractivity contribution is 5.47. The number of aromatic nitrogens is 4. The molecular formula is C10H15N5O. The van der Waals surface area contributed by atoms with Crippen molar-refractivity contribution in [1.82, 2.24) is 19.3 Å². The molecule has 86 valence electrons. The molecular weight excluding hydrogens is 206 g/mol. The number of hydrogen-bond donors (Lipinski definition) is 1. The van der Waals surface area contributed by atoms with Crippen molar-refractivity contribution >= 4 is 11.8 Å². The van der Waals surface area contributed by atoms with Gasteiger partial charge in [0.1, 0.15) is 0 Å². The van der Waals surface area contributed by atoms with Gasteiger partial charge in [-0.1, -0.05) is 0 Å². The molecule has 0 fully saturated rings. The summed E-state index contributed by atoms with van der Waals surface area (Å²) < 4.78 is 8.75. The van der Waals surface area contributed by atoms with E-state index in [2.05, 4.69) is 15.4 Å². The molecule has 0 saturated carbocycles. The average molecular weight is 221 g/mol. The lowest BCUT2D eigenvalue weighted by molar-refractivity contribution is 0.188. The van der Waals surface area contributed by atoms with Gasteiger partial charge in [0.05, 0.1) is 6.61 Å². The van der Waals surface area contributed by atoms with Crippen molar-refractivity contribution in [3.05, 3.63) is 24.7 Å². The lowest BCUT2D eigenvalue weighted by Gasteiger charge is -2.07. The Morgan fingerprint density at radius 1 is 1.44 bits per heavy atom. The second kappa shape index (κ2) is 4.80. The minimum atomic E-state index is 0.660. The molecule has 0 aliphatic rings. The van der Waals surface area contributed by atoms with Gasteiger partial charge in [0.25, 0.3) is 0 Å². The summed E-state index contributed by atoms with van der Waals surface area (Å²) in [6.45, 7) is 1.43. The molecule has 2 aromatic heterocycles. The van der Waals surface area contributed by atoms with Crippen molar-refractivity contribution < 1.29 is 4.74 Å². The molecule has 6 nitrogen and oxygen atoms in total. The van der Waals surface area contributed by atoms with Gasteiger partial charge in [-0.25, -0.2) is 4.98 Å². The van der Waals surface area contributed by atoms with Crippen molar-refractivity contribution in [3.8, 4) is 0 Å². The summed E-state index contributed by atoms with van der Waals surface area (Å²) in [6.07, 6.45) is 5.54. The van der Waals surface area contributed by atoms with E-state index in [4.69, 9.17) is 4.74 Å². The number of anilines is 2. The zero-order valence-electron chi connectivity index (χ0n) is 9.42. The van der Waals surface area contributed by atoms with Gasteiger partial charge in [-0.3, -0.25) is 4.68 Å². The molecule has 0 bridgehead atoms. The van der Waals surface area contributed by atoms with Crippen LogP contribution in [0, 0.1) is 0 Å². The molecule has 0 aromatic carbocycles. The highest BCUT2D eigenvalue weighted by atomic mass is 16.5. The first-order valence-electron chi connectivity index (χ1n) is 5.06. The van der Waals surface area contributed by atoms with E-state index in [0.717, 1.165) is 18.3 Å². The van der Waals surface area contributed by atoms with Crippen LogP contribution in [-0.4, -0.2) is 33.0 Å². The Morgan fingerprint density at radius 2 is 2.31 bits per heavy atom. The van der Waals surface area contributed by atoms with Crippen molar-refractivity contribution in [2.24, 2.45) is 7.05 Å². The number of aryl methyl sites for hydroxylation is 1. The van der Waals surface area contributed by atoms with E-state index < -0.39 is 0 Å². The van der Waals surface area contributed by atoms with Crippen molar-refractivity contribution in [1.29, 1.82) is 0 Å². The number of methoxy groups -OCH3 is 1. The Labute approximate surface area is 93.9 Å². The number of nitrogens with one attached hydrogen (secondary N) is 1. The summed E-state index contributed by atoms with van der Waals surface area (Å²) >= 11 is 0. The fourth-order valence-corrected chi connectivity index (χ4v) is 1.40. The molecule has 2 rings (SSSR count). The van der Waals surface area contributed by atoms with Crippen molar-refractivity contribution in [2.45, 2.75) is 6.54 Å². The van der Waals surface area contributed by atoms with Crippen LogP contribution in [0.25, 0.3) is 0 Å². The topological polar surface area (TPSA) is 56.9 Å². The van der Waals surface area contributed by atoms with E-state index in [1.807, 2.05) is 30.1 Å². The van der Waals surface area contributed by atoms with Crippen LogP contribution in [-0.2, 0) is 18.3 Å². The van der Waals surface area contributed by atoms with E-state index in [1.165, 1.54) is 0 Å². The van der Waals surface area contributed by atoms with E-state index >= 15 is 0 Å². The summed E-state index contributed by atoms with van der Waals surface area (Å²) in [7, 11) is 3.56. The third-order valence-electron chi connectivity index (χ3n) is 2.21. The second-order valence-electron chi connectivity index (χ2n) is 3.44. The third kappa shape index (κ3) is 2.40. The molecule has 0 amide bonds. The van der Waals surface area contributed by atoms with Gasteiger partial charge in [0.2, 0.25) is 5.95 Å². The van der Waals surface area contributed by atoms with Gasteiger partial charge in [-0.2, -0.15) is 5.10 Å². The van der Waals surface area contributed by atoms with Crippen LogP contribution in [0.5, 0.6) is 0 Å². The zero-order chi connectivity index (χ0) is 11.4. The first kappa shape index (κ1) is 10.7. The minimum Gasteiger partial charge on any atom is -0.383 e. The van der Waals surface area contributed by atoms with Gasteiger partial charge in [-0.05, 0) is 0 Å². The first-order chi connectivity index (χ1) is 7.79. The van der Waals surface area contributed by atoms with Gasteiger partial charge in [-0.15, -0.1) is 0 Å². The number of nitrogens with zero attached hydrogens (tertiary/aromatic N) is 4. The third-order valence-corrected chi connectivity index (χ3v) is 2.21. The summed E-state index contributed by atoms with van der Waals surface area (Å²) in [4.78, 5) is 4.22. The van der Waals surface area contributed by atoms with Crippen LogP contribution in [0.1, 0.15) is 0 Å². The Morgan fingerprint density at radius 3 is 3.00 bits per heavy atom. The van der Waals surface area contributed by atoms with Crippen LogP contribution < -0.4 is 5.32 Å². The molecule has 2 aromatic rings. The van der Waals surface area contributed by atoms with Crippen molar-refractivity contribution in [2.75, 3.05) is 19.0 Å². The minimum absolute atomic E-state index is 0.660. The normalized spacial score (nSPS) is 10.6. The Bertz CT molecular complexity index is 448. The monoisotopic (exact) mass is 221 g/mol. The fraction of sp³-hybridized carbons (Fsp3) is 0.400. The van der Waals surface area contributed by atoms with Crippen LogP contribution >= 0.6 is 0 Å². The maximum Gasteiger partial charge on any atom is 0.208 e. The maximum atomic E-state index is 5.03. The lowest BCUT2D eigenvalue weighted by Crippen LogP contribution is -2.07. The zero-order valence-corrected chi connectivity index (χ0v) is 9.42.